The molecule has 1 amide bonds. The van der Waals surface area contributed by atoms with Gasteiger partial charge in [0, 0.05) is 30.4 Å². The monoisotopic (exact) mass is 472 g/mol. The number of carbonyl (C=O) groups excluding carboxylic acids is 2. The van der Waals surface area contributed by atoms with E-state index in [2.05, 4.69) is 5.32 Å². The van der Waals surface area contributed by atoms with E-state index in [9.17, 15) is 18.0 Å². The molecule has 0 radical (unpaired) electrons. The number of sulfonamides is 1. The Balaban J connectivity index is 1.60. The smallest absolute Gasteiger partial charge is 0.331 e. The Morgan fingerprint density at radius 1 is 1.09 bits per heavy atom. The van der Waals surface area contributed by atoms with Crippen LogP contribution in [0.25, 0.3) is 6.08 Å². The molecule has 176 valence electrons. The average Bonchev–Trinajstić information content (AvgIpc) is 2.83. The zero-order valence-corrected chi connectivity index (χ0v) is 19.6. The van der Waals surface area contributed by atoms with Crippen LogP contribution in [0.15, 0.2) is 53.4 Å². The first-order valence-corrected chi connectivity index (χ1v) is 12.1. The summed E-state index contributed by atoms with van der Waals surface area (Å²) in [5.41, 5.74) is 1.76. The quantitative estimate of drug-likeness (QED) is 0.467. The van der Waals surface area contributed by atoms with E-state index >= 15 is 0 Å². The molecule has 0 aromatic heterocycles. The van der Waals surface area contributed by atoms with Crippen molar-refractivity contribution in [2.75, 3.05) is 32.1 Å². The molecule has 2 aromatic carbocycles. The normalized spacial score (nSPS) is 14.7. The lowest BCUT2D eigenvalue weighted by Gasteiger charge is -2.26. The molecule has 1 aliphatic heterocycles. The van der Waals surface area contributed by atoms with Gasteiger partial charge in [0.15, 0.2) is 6.61 Å². The lowest BCUT2D eigenvalue weighted by molar-refractivity contribution is -0.142. The Morgan fingerprint density at radius 3 is 2.55 bits per heavy atom. The van der Waals surface area contributed by atoms with Crippen LogP contribution in [0.3, 0.4) is 0 Å². The van der Waals surface area contributed by atoms with Crippen molar-refractivity contribution in [1.29, 1.82) is 0 Å². The molecule has 0 spiro atoms. The number of amides is 1. The fraction of sp³-hybridized carbons (Fsp3) is 0.333. The van der Waals surface area contributed by atoms with E-state index in [1.807, 2.05) is 12.1 Å². The number of piperidine rings is 1. The topological polar surface area (TPSA) is 102 Å². The second-order valence-electron chi connectivity index (χ2n) is 7.67. The van der Waals surface area contributed by atoms with E-state index in [-0.39, 0.29) is 4.90 Å². The molecule has 0 aliphatic carbocycles. The largest absolute Gasteiger partial charge is 0.496 e. The van der Waals surface area contributed by atoms with Gasteiger partial charge in [0.25, 0.3) is 5.91 Å². The van der Waals surface area contributed by atoms with Crippen molar-refractivity contribution in [3.05, 3.63) is 59.7 Å². The molecular formula is C24H28N2O6S. The first-order valence-electron chi connectivity index (χ1n) is 10.7. The lowest BCUT2D eigenvalue weighted by atomic mass is 10.2. The Morgan fingerprint density at radius 2 is 1.82 bits per heavy atom. The maximum atomic E-state index is 12.9. The van der Waals surface area contributed by atoms with E-state index in [0.717, 1.165) is 19.3 Å². The molecule has 3 rings (SSSR count). The van der Waals surface area contributed by atoms with Crippen molar-refractivity contribution in [2.24, 2.45) is 0 Å². The zero-order chi connectivity index (χ0) is 23.8. The zero-order valence-electron chi connectivity index (χ0n) is 18.7. The summed E-state index contributed by atoms with van der Waals surface area (Å²) >= 11 is 0. The van der Waals surface area contributed by atoms with Crippen LogP contribution in [-0.2, 0) is 24.3 Å². The van der Waals surface area contributed by atoms with Gasteiger partial charge in [-0.15, -0.1) is 0 Å². The lowest BCUT2D eigenvalue weighted by Crippen LogP contribution is -2.35. The fourth-order valence-corrected chi connectivity index (χ4v) is 5.03. The number of hydrogen-bond donors (Lipinski definition) is 1. The number of para-hydroxylation sites is 1. The van der Waals surface area contributed by atoms with Crippen molar-refractivity contribution in [1.82, 2.24) is 4.31 Å². The number of methoxy groups -OCH3 is 1. The molecule has 0 bridgehead atoms. The second kappa shape index (κ2) is 11.1. The molecule has 1 fully saturated rings. The minimum atomic E-state index is -3.63. The molecule has 0 saturated carbocycles. The number of nitrogens with one attached hydrogen (secondary N) is 1. The molecule has 2 aromatic rings. The number of ether oxygens (including phenoxy) is 2. The maximum Gasteiger partial charge on any atom is 0.331 e. The Bertz CT molecular complexity index is 1140. The van der Waals surface area contributed by atoms with Gasteiger partial charge in [-0.2, -0.15) is 4.31 Å². The molecule has 0 unspecified atom stereocenters. The summed E-state index contributed by atoms with van der Waals surface area (Å²) in [6.45, 7) is 2.25. The van der Waals surface area contributed by atoms with E-state index in [4.69, 9.17) is 9.47 Å². The number of aryl methyl sites for hydroxylation is 1. The van der Waals surface area contributed by atoms with Crippen LogP contribution in [0.5, 0.6) is 5.75 Å². The van der Waals surface area contributed by atoms with Gasteiger partial charge in [-0.25, -0.2) is 13.2 Å². The standard InChI is InChI=1S/C24H28N2O6S/c1-18-10-12-20(33(29,30)26-14-6-3-7-15-26)16-21(18)25-23(27)17-32-24(28)13-11-19-8-4-5-9-22(19)31-2/h4-5,8-13,16H,3,6-7,14-15,17H2,1-2H3,(H,25,27)/b13-11+. The van der Waals surface area contributed by atoms with Crippen LogP contribution in [0, 0.1) is 6.92 Å². The molecule has 1 N–H and O–H groups in total. The van der Waals surface area contributed by atoms with E-state index in [1.165, 1.54) is 35.7 Å². The highest BCUT2D eigenvalue weighted by atomic mass is 32.2. The first kappa shape index (κ1) is 24.5. The Hall–Kier alpha value is -3.17. The van der Waals surface area contributed by atoms with Crippen LogP contribution in [0.4, 0.5) is 5.69 Å². The summed E-state index contributed by atoms with van der Waals surface area (Å²) in [5.74, 6) is -0.645. The third kappa shape index (κ3) is 6.43. The first-order chi connectivity index (χ1) is 15.8. The highest BCUT2D eigenvalue weighted by Gasteiger charge is 2.26. The van der Waals surface area contributed by atoms with Gasteiger partial charge >= 0.3 is 5.97 Å². The van der Waals surface area contributed by atoms with Gasteiger partial charge in [-0.1, -0.05) is 30.7 Å². The molecule has 1 saturated heterocycles. The summed E-state index contributed by atoms with van der Waals surface area (Å²) in [7, 11) is -2.09. The highest BCUT2D eigenvalue weighted by molar-refractivity contribution is 7.89. The summed E-state index contributed by atoms with van der Waals surface area (Å²) < 4.78 is 37.5. The molecule has 0 atom stereocenters. The number of rotatable bonds is 8. The third-order valence-corrected chi connectivity index (χ3v) is 7.21. The number of carbonyl (C=O) groups is 2. The highest BCUT2D eigenvalue weighted by Crippen LogP contribution is 2.25. The van der Waals surface area contributed by atoms with Gasteiger partial charge in [0.2, 0.25) is 10.0 Å². The number of anilines is 1. The Labute approximate surface area is 194 Å². The predicted molar refractivity (Wildman–Crippen MR) is 125 cm³/mol. The summed E-state index contributed by atoms with van der Waals surface area (Å²) in [5, 5.41) is 2.63. The summed E-state index contributed by atoms with van der Waals surface area (Å²) in [6.07, 6.45) is 5.45. The van der Waals surface area contributed by atoms with Crippen molar-refractivity contribution in [2.45, 2.75) is 31.1 Å². The average molecular weight is 473 g/mol. The van der Waals surface area contributed by atoms with Gasteiger partial charge in [-0.05, 0) is 49.6 Å². The molecular weight excluding hydrogens is 444 g/mol. The van der Waals surface area contributed by atoms with E-state index in [1.54, 1.807) is 25.1 Å². The molecule has 1 heterocycles. The minimum Gasteiger partial charge on any atom is -0.496 e. The van der Waals surface area contributed by atoms with Crippen molar-refractivity contribution in [3.8, 4) is 5.75 Å². The molecule has 1 aliphatic rings. The van der Waals surface area contributed by atoms with E-state index in [0.29, 0.717) is 35.7 Å². The molecule has 9 heteroatoms. The Kier molecular flexibility index (Phi) is 8.24. The van der Waals surface area contributed by atoms with Gasteiger partial charge in [0.05, 0.1) is 12.0 Å². The van der Waals surface area contributed by atoms with Crippen LogP contribution >= 0.6 is 0 Å². The number of benzene rings is 2. The maximum absolute atomic E-state index is 12.9. The van der Waals surface area contributed by atoms with Crippen molar-refractivity contribution < 1.29 is 27.5 Å². The van der Waals surface area contributed by atoms with Crippen LogP contribution in [0.1, 0.15) is 30.4 Å². The third-order valence-electron chi connectivity index (χ3n) is 5.32. The van der Waals surface area contributed by atoms with Gasteiger partial charge in [0.1, 0.15) is 5.75 Å². The second-order valence-corrected chi connectivity index (χ2v) is 9.61. The fourth-order valence-electron chi connectivity index (χ4n) is 3.48. The minimum absolute atomic E-state index is 0.127. The van der Waals surface area contributed by atoms with E-state index < -0.39 is 28.5 Å². The van der Waals surface area contributed by atoms with Gasteiger partial charge < -0.3 is 14.8 Å². The number of hydrogen-bond acceptors (Lipinski definition) is 6. The van der Waals surface area contributed by atoms with Crippen molar-refractivity contribution >= 4 is 33.7 Å². The van der Waals surface area contributed by atoms with Crippen LogP contribution in [0.2, 0.25) is 0 Å². The number of nitrogens with zero attached hydrogens (tertiary/aromatic N) is 1. The molecule has 8 nitrogen and oxygen atoms in total. The summed E-state index contributed by atoms with van der Waals surface area (Å²) in [4.78, 5) is 24.4. The number of esters is 1. The van der Waals surface area contributed by atoms with Gasteiger partial charge in [-0.3, -0.25) is 4.79 Å². The van der Waals surface area contributed by atoms with Crippen LogP contribution in [-0.4, -0.2) is 51.4 Å². The predicted octanol–water partition coefficient (Wildman–Crippen LogP) is 3.37. The van der Waals surface area contributed by atoms with Crippen molar-refractivity contribution in [3.63, 3.8) is 0 Å². The van der Waals surface area contributed by atoms with Crippen LogP contribution < -0.4 is 10.1 Å². The SMILES string of the molecule is COc1ccccc1/C=C/C(=O)OCC(=O)Nc1cc(S(=O)(=O)N2CCCCC2)ccc1C. The summed E-state index contributed by atoms with van der Waals surface area (Å²) in [6, 6.07) is 11.8. The molecule has 33 heavy (non-hydrogen) atoms.